The number of anilines is 1. The normalized spacial score (nSPS) is 12.2. The molecule has 1 aromatic heterocycles. The molecule has 4 nitrogen and oxygen atoms in total. The first-order valence-electron chi connectivity index (χ1n) is 5.75. The van der Waals surface area contributed by atoms with Gasteiger partial charge < -0.3 is 15.4 Å². The van der Waals surface area contributed by atoms with Crippen molar-refractivity contribution in [1.82, 2.24) is 4.98 Å². The van der Waals surface area contributed by atoms with E-state index >= 15 is 0 Å². The van der Waals surface area contributed by atoms with Crippen molar-refractivity contribution in [3.8, 4) is 0 Å². The van der Waals surface area contributed by atoms with E-state index < -0.39 is 0 Å². The van der Waals surface area contributed by atoms with Crippen LogP contribution in [-0.2, 0) is 4.74 Å². The van der Waals surface area contributed by atoms with Crippen LogP contribution in [0.4, 0.5) is 5.82 Å². The fourth-order valence-electron chi connectivity index (χ4n) is 1.51. The molecular weight excluding hydrogens is 214 g/mol. The molecule has 2 N–H and O–H groups in total. The van der Waals surface area contributed by atoms with Gasteiger partial charge in [-0.25, -0.2) is 4.98 Å². The van der Waals surface area contributed by atoms with Gasteiger partial charge >= 0.3 is 0 Å². The van der Waals surface area contributed by atoms with Crippen molar-refractivity contribution in [2.24, 2.45) is 5.73 Å². The molecule has 0 spiro atoms. The second-order valence-corrected chi connectivity index (χ2v) is 3.97. The number of nitrogens with two attached hydrogens (primary N) is 1. The van der Waals surface area contributed by atoms with Crippen LogP contribution in [0.1, 0.15) is 18.5 Å². The van der Waals surface area contributed by atoms with Crippen molar-refractivity contribution in [1.29, 1.82) is 0 Å². The average Bonchev–Trinajstić information content (AvgIpc) is 2.34. The maximum absolute atomic E-state index is 5.79. The largest absolute Gasteiger partial charge is 0.383 e. The summed E-state index contributed by atoms with van der Waals surface area (Å²) in [5.74, 6) is 0.923. The Bertz CT molecular complexity index is 335. The van der Waals surface area contributed by atoms with Crippen molar-refractivity contribution in [2.45, 2.75) is 13.0 Å². The van der Waals surface area contributed by atoms with Gasteiger partial charge in [0.05, 0.1) is 6.61 Å². The van der Waals surface area contributed by atoms with Gasteiger partial charge in [-0.3, -0.25) is 0 Å². The minimum Gasteiger partial charge on any atom is -0.383 e. The lowest BCUT2D eigenvalue weighted by atomic mass is 10.1. The van der Waals surface area contributed by atoms with Crippen LogP contribution in [0.3, 0.4) is 0 Å². The molecule has 1 aromatic rings. The van der Waals surface area contributed by atoms with Crippen LogP contribution in [-0.4, -0.2) is 31.8 Å². The maximum Gasteiger partial charge on any atom is 0.128 e. The minimum atomic E-state index is 0.0170. The molecule has 4 heteroatoms. The fourth-order valence-corrected chi connectivity index (χ4v) is 1.51. The van der Waals surface area contributed by atoms with E-state index in [1.54, 1.807) is 7.11 Å². The van der Waals surface area contributed by atoms with Crippen molar-refractivity contribution >= 4 is 5.82 Å². The van der Waals surface area contributed by atoms with Crippen molar-refractivity contribution in [3.63, 3.8) is 0 Å². The molecule has 0 aliphatic heterocycles. The first-order chi connectivity index (χ1) is 8.19. The van der Waals surface area contributed by atoms with Gasteiger partial charge in [-0.15, -0.1) is 6.58 Å². The van der Waals surface area contributed by atoms with E-state index in [-0.39, 0.29) is 6.04 Å². The molecule has 1 atom stereocenters. The molecule has 1 heterocycles. The van der Waals surface area contributed by atoms with Gasteiger partial charge in [0.2, 0.25) is 0 Å². The van der Waals surface area contributed by atoms with Crippen LogP contribution in [0.25, 0.3) is 0 Å². The summed E-state index contributed by atoms with van der Waals surface area (Å²) < 4.78 is 5.08. The molecule has 0 fully saturated rings. The Hall–Kier alpha value is -1.39. The van der Waals surface area contributed by atoms with E-state index in [2.05, 4.69) is 16.5 Å². The Morgan fingerprint density at radius 1 is 1.59 bits per heavy atom. The number of hydrogen-bond donors (Lipinski definition) is 1. The smallest absolute Gasteiger partial charge is 0.128 e. The summed E-state index contributed by atoms with van der Waals surface area (Å²) in [6.07, 6.45) is 3.68. The Labute approximate surface area is 103 Å². The monoisotopic (exact) mass is 235 g/mol. The fraction of sp³-hybridized carbons (Fsp3) is 0.462. The highest BCUT2D eigenvalue weighted by Gasteiger charge is 2.06. The van der Waals surface area contributed by atoms with E-state index in [0.717, 1.165) is 24.5 Å². The predicted octanol–water partition coefficient (Wildman–Crippen LogP) is 1.74. The lowest BCUT2D eigenvalue weighted by Gasteiger charge is -2.22. The highest BCUT2D eigenvalue weighted by Crippen LogP contribution is 2.14. The number of rotatable bonds is 7. The van der Waals surface area contributed by atoms with Gasteiger partial charge in [0, 0.05) is 32.4 Å². The molecule has 0 saturated carbocycles. The third-order valence-electron chi connectivity index (χ3n) is 2.54. The van der Waals surface area contributed by atoms with Crippen molar-refractivity contribution < 1.29 is 4.74 Å². The molecule has 0 saturated heterocycles. The summed E-state index contributed by atoms with van der Waals surface area (Å²) in [6, 6.07) is 4.01. The van der Waals surface area contributed by atoms with Gasteiger partial charge in [-0.2, -0.15) is 0 Å². The standard InChI is InChI=1S/C13H21N3O/c1-4-7-16(8-9-17-3)13-6-5-12(10-15-13)11(2)14/h4-6,10-11H,1,7-9,14H2,2-3H3/t11-/m0/s1. The maximum atomic E-state index is 5.79. The molecule has 0 amide bonds. The van der Waals surface area contributed by atoms with E-state index in [0.29, 0.717) is 6.61 Å². The Morgan fingerprint density at radius 2 is 2.35 bits per heavy atom. The summed E-state index contributed by atoms with van der Waals surface area (Å²) in [4.78, 5) is 6.53. The van der Waals surface area contributed by atoms with Gasteiger partial charge in [0.15, 0.2) is 0 Å². The summed E-state index contributed by atoms with van der Waals surface area (Å²) >= 11 is 0. The molecule has 1 rings (SSSR count). The SMILES string of the molecule is C=CCN(CCOC)c1ccc([C@H](C)N)cn1. The van der Waals surface area contributed by atoms with Crippen LogP contribution >= 0.6 is 0 Å². The molecular formula is C13H21N3O. The second kappa shape index (κ2) is 7.04. The lowest BCUT2D eigenvalue weighted by molar-refractivity contribution is 0.205. The highest BCUT2D eigenvalue weighted by molar-refractivity contribution is 5.40. The van der Waals surface area contributed by atoms with E-state index in [4.69, 9.17) is 10.5 Å². The number of nitrogens with zero attached hydrogens (tertiary/aromatic N) is 2. The zero-order valence-corrected chi connectivity index (χ0v) is 10.6. The average molecular weight is 235 g/mol. The van der Waals surface area contributed by atoms with Crippen LogP contribution in [0.15, 0.2) is 31.0 Å². The Morgan fingerprint density at radius 3 is 2.82 bits per heavy atom. The number of pyridine rings is 1. The van der Waals surface area contributed by atoms with Gasteiger partial charge in [-0.1, -0.05) is 12.1 Å². The topological polar surface area (TPSA) is 51.4 Å². The van der Waals surface area contributed by atoms with Crippen molar-refractivity contribution in [3.05, 3.63) is 36.5 Å². The molecule has 0 aromatic carbocycles. The first kappa shape index (κ1) is 13.7. The van der Waals surface area contributed by atoms with Crippen LogP contribution < -0.4 is 10.6 Å². The Balaban J connectivity index is 2.75. The molecule has 0 bridgehead atoms. The van der Waals surface area contributed by atoms with Gasteiger partial charge in [0.25, 0.3) is 0 Å². The van der Waals surface area contributed by atoms with Crippen LogP contribution in [0, 0.1) is 0 Å². The second-order valence-electron chi connectivity index (χ2n) is 3.97. The van der Waals surface area contributed by atoms with E-state index in [1.165, 1.54) is 0 Å². The summed E-state index contributed by atoms with van der Waals surface area (Å²) in [5, 5.41) is 0. The molecule has 94 valence electrons. The molecule has 0 radical (unpaired) electrons. The van der Waals surface area contributed by atoms with Crippen LogP contribution in [0.2, 0.25) is 0 Å². The first-order valence-corrected chi connectivity index (χ1v) is 5.75. The summed E-state index contributed by atoms with van der Waals surface area (Å²) in [6.45, 7) is 7.92. The quantitative estimate of drug-likeness (QED) is 0.731. The van der Waals surface area contributed by atoms with Gasteiger partial charge in [-0.05, 0) is 18.6 Å². The third kappa shape index (κ3) is 4.17. The number of aromatic nitrogens is 1. The number of ether oxygens (including phenoxy) is 1. The minimum absolute atomic E-state index is 0.0170. The third-order valence-corrected chi connectivity index (χ3v) is 2.54. The summed E-state index contributed by atoms with van der Waals surface area (Å²) in [7, 11) is 1.69. The predicted molar refractivity (Wildman–Crippen MR) is 71.1 cm³/mol. The zero-order valence-electron chi connectivity index (χ0n) is 10.6. The molecule has 0 aliphatic rings. The Kier molecular flexibility index (Phi) is 5.66. The number of methoxy groups -OCH3 is 1. The molecule has 17 heavy (non-hydrogen) atoms. The highest BCUT2D eigenvalue weighted by atomic mass is 16.5. The summed E-state index contributed by atoms with van der Waals surface area (Å²) in [5.41, 5.74) is 6.83. The molecule has 0 aliphatic carbocycles. The lowest BCUT2D eigenvalue weighted by Crippen LogP contribution is -2.28. The van der Waals surface area contributed by atoms with E-state index in [9.17, 15) is 0 Å². The van der Waals surface area contributed by atoms with E-state index in [1.807, 2.05) is 31.3 Å². The van der Waals surface area contributed by atoms with Crippen LogP contribution in [0.5, 0.6) is 0 Å². The molecule has 0 unspecified atom stereocenters. The van der Waals surface area contributed by atoms with Gasteiger partial charge in [0.1, 0.15) is 5.82 Å². The zero-order chi connectivity index (χ0) is 12.7. The van der Waals surface area contributed by atoms with Crippen molar-refractivity contribution in [2.75, 3.05) is 31.7 Å². The number of hydrogen-bond acceptors (Lipinski definition) is 4.